The quantitative estimate of drug-likeness (QED) is 0.497. The van der Waals surface area contributed by atoms with Crippen LogP contribution in [0.3, 0.4) is 0 Å². The van der Waals surface area contributed by atoms with Crippen LogP contribution in [0.2, 0.25) is 0 Å². The van der Waals surface area contributed by atoms with Crippen LogP contribution < -0.4 is 5.32 Å². The molecule has 33 heavy (non-hydrogen) atoms. The summed E-state index contributed by atoms with van der Waals surface area (Å²) in [6.45, 7) is 9.91. The lowest BCUT2D eigenvalue weighted by Gasteiger charge is -2.29. The highest BCUT2D eigenvalue weighted by atomic mass is 16.5. The van der Waals surface area contributed by atoms with Gasteiger partial charge in [0.2, 0.25) is 5.91 Å². The Hall–Kier alpha value is -2.49. The van der Waals surface area contributed by atoms with Gasteiger partial charge >= 0.3 is 0 Å². The van der Waals surface area contributed by atoms with Crippen molar-refractivity contribution in [2.75, 3.05) is 39.3 Å². The number of hydrogen-bond donors (Lipinski definition) is 3. The van der Waals surface area contributed by atoms with Gasteiger partial charge in [0.25, 0.3) is 12.9 Å². The van der Waals surface area contributed by atoms with E-state index in [4.69, 9.17) is 24.5 Å². The molecule has 3 aliphatic rings. The molecule has 0 radical (unpaired) electrons. The number of rotatable bonds is 8. The van der Waals surface area contributed by atoms with Crippen molar-refractivity contribution >= 4 is 18.9 Å². The van der Waals surface area contributed by atoms with E-state index < -0.39 is 0 Å². The summed E-state index contributed by atoms with van der Waals surface area (Å²) < 4.78 is 6.52. The number of ether oxygens (including phenoxy) is 1. The van der Waals surface area contributed by atoms with E-state index in [-0.39, 0.29) is 24.5 Å². The third kappa shape index (κ3) is 6.99. The molecule has 3 heterocycles. The second kappa shape index (κ2) is 13.3. The lowest BCUT2D eigenvalue weighted by molar-refractivity contribution is -0.123. The maximum Gasteiger partial charge on any atom is 0.290 e. The zero-order valence-electron chi connectivity index (χ0n) is 19.6. The van der Waals surface area contributed by atoms with Gasteiger partial charge in [-0.15, -0.1) is 0 Å². The number of amides is 1. The van der Waals surface area contributed by atoms with Crippen molar-refractivity contribution in [2.45, 2.75) is 44.9 Å². The molecule has 3 fully saturated rings. The van der Waals surface area contributed by atoms with E-state index in [1.54, 1.807) is 0 Å². The summed E-state index contributed by atoms with van der Waals surface area (Å²) in [7, 11) is 0. The van der Waals surface area contributed by atoms with E-state index in [9.17, 15) is 4.79 Å². The number of carbonyl (C=O) groups is 3. The summed E-state index contributed by atoms with van der Waals surface area (Å²) in [6, 6.07) is 10.7. The summed E-state index contributed by atoms with van der Waals surface area (Å²) >= 11 is 0. The molecule has 1 spiro atoms. The molecule has 4 rings (SSSR count). The van der Waals surface area contributed by atoms with Crippen molar-refractivity contribution in [3.63, 3.8) is 0 Å². The molecule has 3 aliphatic heterocycles. The number of nitrogens with zero attached hydrogens (tertiary/aromatic N) is 2. The molecular weight excluding hydrogens is 426 g/mol. The monoisotopic (exact) mass is 463 g/mol. The van der Waals surface area contributed by atoms with Gasteiger partial charge in [-0.05, 0) is 31.5 Å². The van der Waals surface area contributed by atoms with Crippen molar-refractivity contribution in [3.05, 3.63) is 35.9 Å². The molecule has 1 aromatic carbocycles. The molecule has 3 saturated heterocycles. The molecule has 0 saturated carbocycles. The number of hydrogen-bond acceptors (Lipinski definition) is 6. The molecule has 0 aliphatic carbocycles. The third-order valence-corrected chi connectivity index (χ3v) is 6.90. The number of fused-ring (bicyclic) bond motifs is 1. The molecule has 0 unspecified atom stereocenters. The molecule has 3 N–H and O–H groups in total. The Morgan fingerprint density at radius 2 is 1.85 bits per heavy atom. The summed E-state index contributed by atoms with van der Waals surface area (Å²) in [5, 5.41) is 17.0. The molecule has 0 aromatic heterocycles. The summed E-state index contributed by atoms with van der Waals surface area (Å²) in [5.74, 6) is 1.16. The largest absolute Gasteiger partial charge is 0.483 e. The van der Waals surface area contributed by atoms with Crippen LogP contribution >= 0.6 is 0 Å². The predicted octanol–water partition coefficient (Wildman–Crippen LogP) is 1.53. The van der Waals surface area contributed by atoms with Crippen LogP contribution in [0.25, 0.3) is 0 Å². The second-order valence-electron chi connectivity index (χ2n) is 8.66. The van der Waals surface area contributed by atoms with Crippen LogP contribution in [0.15, 0.2) is 30.3 Å². The number of carboxylic acid groups (broad SMARTS) is 2. The lowest BCUT2D eigenvalue weighted by Crippen LogP contribution is -2.44. The predicted molar refractivity (Wildman–Crippen MR) is 124 cm³/mol. The Morgan fingerprint density at radius 3 is 2.45 bits per heavy atom. The SMILES string of the molecule is CCN(CC)CC(=O)NC[C@H]1[C@H]2CN(Cc3ccccc3)C[C@]23CC[C@H]1O3.O=CO.O=CO. The Labute approximate surface area is 195 Å². The average Bonchev–Trinajstić information content (AvgIpc) is 3.46. The minimum atomic E-state index is -0.250. The van der Waals surface area contributed by atoms with Gasteiger partial charge in [0.15, 0.2) is 0 Å². The number of likely N-dealkylation sites (N-methyl/N-ethyl adjacent to an activating group) is 1. The van der Waals surface area contributed by atoms with Gasteiger partial charge in [0.1, 0.15) is 0 Å². The average molecular weight is 464 g/mol. The van der Waals surface area contributed by atoms with Gasteiger partial charge in [-0.3, -0.25) is 24.2 Å². The van der Waals surface area contributed by atoms with E-state index in [2.05, 4.69) is 59.3 Å². The van der Waals surface area contributed by atoms with Crippen molar-refractivity contribution in [3.8, 4) is 0 Å². The Bertz CT molecular complexity index is 739. The highest BCUT2D eigenvalue weighted by Crippen LogP contribution is 2.54. The molecule has 1 amide bonds. The minimum absolute atomic E-state index is 0.0354. The zero-order valence-corrected chi connectivity index (χ0v) is 19.6. The molecule has 4 atom stereocenters. The first-order chi connectivity index (χ1) is 16.0. The Morgan fingerprint density at radius 1 is 1.21 bits per heavy atom. The first-order valence-electron chi connectivity index (χ1n) is 11.6. The molecule has 184 valence electrons. The van der Waals surface area contributed by atoms with Gasteiger partial charge in [0, 0.05) is 38.0 Å². The van der Waals surface area contributed by atoms with Gasteiger partial charge < -0.3 is 20.3 Å². The number of benzene rings is 1. The van der Waals surface area contributed by atoms with E-state index >= 15 is 0 Å². The number of carbonyl (C=O) groups excluding carboxylic acids is 1. The normalized spacial score (nSPS) is 27.1. The summed E-state index contributed by atoms with van der Waals surface area (Å²) in [6.07, 6.45) is 2.66. The van der Waals surface area contributed by atoms with Crippen LogP contribution in [0.5, 0.6) is 0 Å². The smallest absolute Gasteiger partial charge is 0.290 e. The molecule has 9 heteroatoms. The molecular formula is C24H37N3O6. The first kappa shape index (κ1) is 26.8. The van der Waals surface area contributed by atoms with E-state index in [0.717, 1.165) is 45.7 Å². The van der Waals surface area contributed by atoms with Crippen LogP contribution in [0.4, 0.5) is 0 Å². The maximum atomic E-state index is 12.3. The zero-order chi connectivity index (χ0) is 24.3. The van der Waals surface area contributed by atoms with Crippen LogP contribution in [-0.4, -0.2) is 89.8 Å². The van der Waals surface area contributed by atoms with E-state index in [1.165, 1.54) is 12.0 Å². The van der Waals surface area contributed by atoms with Gasteiger partial charge in [-0.2, -0.15) is 0 Å². The van der Waals surface area contributed by atoms with Crippen molar-refractivity contribution < 1.29 is 29.3 Å². The highest BCUT2D eigenvalue weighted by molar-refractivity contribution is 5.78. The first-order valence-corrected chi connectivity index (χ1v) is 11.6. The van der Waals surface area contributed by atoms with Gasteiger partial charge in [-0.25, -0.2) is 0 Å². The maximum absolute atomic E-state index is 12.3. The number of nitrogens with one attached hydrogen (secondary N) is 1. The Balaban J connectivity index is 0.000000582. The molecule has 1 aromatic rings. The van der Waals surface area contributed by atoms with Crippen molar-refractivity contribution in [2.24, 2.45) is 11.8 Å². The topological polar surface area (TPSA) is 119 Å². The fraction of sp³-hybridized carbons (Fsp3) is 0.625. The van der Waals surface area contributed by atoms with E-state index in [0.29, 0.717) is 24.5 Å². The fourth-order valence-corrected chi connectivity index (χ4v) is 5.46. The van der Waals surface area contributed by atoms with E-state index in [1.807, 2.05) is 0 Å². The van der Waals surface area contributed by atoms with Crippen molar-refractivity contribution in [1.29, 1.82) is 0 Å². The lowest BCUT2D eigenvalue weighted by atomic mass is 9.73. The van der Waals surface area contributed by atoms with Crippen LogP contribution in [0, 0.1) is 11.8 Å². The second-order valence-corrected chi connectivity index (χ2v) is 8.66. The minimum Gasteiger partial charge on any atom is -0.483 e. The third-order valence-electron chi connectivity index (χ3n) is 6.90. The standard InChI is InChI=1S/C22H33N3O2.2CH2O2/c1-3-24(4-2)15-21(26)23-12-18-19-14-25(13-17-8-6-5-7-9-17)16-22(19)11-10-20(18)27-22;2*2-1-3/h5-9,18-20H,3-4,10-16H2,1-2H3,(H,23,26);2*1H,(H,2,3)/t18-,19+,20+,22+;;/m0../s1. The van der Waals surface area contributed by atoms with Crippen LogP contribution in [-0.2, 0) is 25.7 Å². The summed E-state index contributed by atoms with van der Waals surface area (Å²) in [5.41, 5.74) is 1.40. The molecule has 2 bridgehead atoms. The molecule has 9 nitrogen and oxygen atoms in total. The number of likely N-dealkylation sites (tertiary alicyclic amines) is 1. The Kier molecular flexibility index (Phi) is 10.8. The van der Waals surface area contributed by atoms with Crippen LogP contribution in [0.1, 0.15) is 32.3 Å². The fourth-order valence-electron chi connectivity index (χ4n) is 5.46. The summed E-state index contributed by atoms with van der Waals surface area (Å²) in [4.78, 5) is 33.8. The van der Waals surface area contributed by atoms with Gasteiger partial charge in [0.05, 0.1) is 18.2 Å². The van der Waals surface area contributed by atoms with Crippen molar-refractivity contribution in [1.82, 2.24) is 15.1 Å². The highest BCUT2D eigenvalue weighted by Gasteiger charge is 2.62. The van der Waals surface area contributed by atoms with Gasteiger partial charge in [-0.1, -0.05) is 44.2 Å².